The smallest absolute Gasteiger partial charge is 0.295 e. The van der Waals surface area contributed by atoms with Crippen LogP contribution in [-0.2, 0) is 16.2 Å². The van der Waals surface area contributed by atoms with E-state index in [4.69, 9.17) is 9.47 Å². The van der Waals surface area contributed by atoms with E-state index < -0.39 is 17.7 Å². The van der Waals surface area contributed by atoms with Crippen LogP contribution in [0.1, 0.15) is 54.5 Å². The van der Waals surface area contributed by atoms with E-state index in [1.807, 2.05) is 68.4 Å². The quantitative estimate of drug-likeness (QED) is 0.118. The van der Waals surface area contributed by atoms with Crippen molar-refractivity contribution < 1.29 is 24.2 Å². The second-order valence-electron chi connectivity index (χ2n) is 10.7. The molecule has 3 aromatic rings. The lowest BCUT2D eigenvalue weighted by atomic mass is 9.95. The van der Waals surface area contributed by atoms with Crippen molar-refractivity contribution in [3.63, 3.8) is 0 Å². The first-order valence-corrected chi connectivity index (χ1v) is 14.2. The van der Waals surface area contributed by atoms with Gasteiger partial charge in [0.2, 0.25) is 0 Å². The van der Waals surface area contributed by atoms with Gasteiger partial charge >= 0.3 is 0 Å². The van der Waals surface area contributed by atoms with E-state index in [0.717, 1.165) is 41.8 Å². The number of rotatable bonds is 13. The summed E-state index contributed by atoms with van der Waals surface area (Å²) in [7, 11) is 3.94. The van der Waals surface area contributed by atoms with Crippen molar-refractivity contribution in [3.8, 4) is 11.5 Å². The largest absolute Gasteiger partial charge is 0.507 e. The molecule has 1 N–H and O–H groups in total. The van der Waals surface area contributed by atoms with Gasteiger partial charge in [-0.3, -0.25) is 9.59 Å². The van der Waals surface area contributed by atoms with E-state index in [1.54, 1.807) is 29.2 Å². The highest BCUT2D eigenvalue weighted by Gasteiger charge is 2.45. The molecule has 1 fully saturated rings. The van der Waals surface area contributed by atoms with Crippen LogP contribution in [0, 0.1) is 6.92 Å². The van der Waals surface area contributed by atoms with Crippen molar-refractivity contribution in [2.75, 3.05) is 33.8 Å². The Morgan fingerprint density at radius 3 is 2.27 bits per heavy atom. The third-order valence-corrected chi connectivity index (χ3v) is 7.12. The molecule has 1 saturated heterocycles. The molecular formula is C34H40N2O5. The van der Waals surface area contributed by atoms with Gasteiger partial charge in [-0.05, 0) is 87.9 Å². The van der Waals surface area contributed by atoms with Crippen molar-refractivity contribution in [1.82, 2.24) is 9.80 Å². The molecule has 0 saturated carbocycles. The lowest BCUT2D eigenvalue weighted by Crippen LogP contribution is -2.32. The zero-order valence-electron chi connectivity index (χ0n) is 24.4. The van der Waals surface area contributed by atoms with Gasteiger partial charge in [-0.15, -0.1) is 0 Å². The molecule has 0 spiro atoms. The van der Waals surface area contributed by atoms with Gasteiger partial charge < -0.3 is 24.4 Å². The Hall–Kier alpha value is -4.10. The zero-order valence-corrected chi connectivity index (χ0v) is 24.4. The summed E-state index contributed by atoms with van der Waals surface area (Å²) in [5.74, 6) is -0.107. The van der Waals surface area contributed by atoms with Crippen molar-refractivity contribution >= 4 is 17.4 Å². The number of ether oxygens (including phenoxy) is 2. The maximum atomic E-state index is 13.3. The van der Waals surface area contributed by atoms with Gasteiger partial charge in [0.1, 0.15) is 23.9 Å². The van der Waals surface area contributed by atoms with Gasteiger partial charge in [0.15, 0.2) is 0 Å². The molecule has 1 unspecified atom stereocenters. The lowest BCUT2D eigenvalue weighted by Gasteiger charge is -2.26. The minimum Gasteiger partial charge on any atom is -0.507 e. The summed E-state index contributed by atoms with van der Waals surface area (Å²) in [6.07, 6.45) is 2.70. The summed E-state index contributed by atoms with van der Waals surface area (Å²) in [5, 5.41) is 11.4. The van der Waals surface area contributed by atoms with Crippen molar-refractivity contribution in [1.29, 1.82) is 0 Å². The highest BCUT2D eigenvalue weighted by atomic mass is 16.5. The topological polar surface area (TPSA) is 79.3 Å². The summed E-state index contributed by atoms with van der Waals surface area (Å²) >= 11 is 0. The van der Waals surface area contributed by atoms with Crippen LogP contribution in [0.3, 0.4) is 0 Å². The number of nitrogens with zero attached hydrogens (tertiary/aromatic N) is 2. The Kier molecular flexibility index (Phi) is 10.2. The average Bonchev–Trinajstić information content (AvgIpc) is 3.21. The van der Waals surface area contributed by atoms with Crippen LogP contribution in [-0.4, -0.2) is 60.4 Å². The molecule has 0 aliphatic carbocycles. The number of unbranched alkanes of at least 4 members (excludes halogenated alkanes) is 1. The second kappa shape index (κ2) is 14.0. The fourth-order valence-corrected chi connectivity index (χ4v) is 4.93. The average molecular weight is 557 g/mol. The summed E-state index contributed by atoms with van der Waals surface area (Å²) in [6, 6.07) is 21.8. The van der Waals surface area contributed by atoms with E-state index >= 15 is 0 Å². The van der Waals surface area contributed by atoms with Gasteiger partial charge in [-0.25, -0.2) is 0 Å². The number of aliphatic hydroxyl groups excluding tert-OH is 1. The van der Waals surface area contributed by atoms with Crippen molar-refractivity contribution in [2.24, 2.45) is 0 Å². The Bertz CT molecular complexity index is 1360. The number of carbonyl (C=O) groups is 2. The van der Waals surface area contributed by atoms with E-state index in [-0.39, 0.29) is 11.3 Å². The van der Waals surface area contributed by atoms with Gasteiger partial charge in [-0.2, -0.15) is 0 Å². The van der Waals surface area contributed by atoms with Gasteiger partial charge in [0.25, 0.3) is 11.7 Å². The summed E-state index contributed by atoms with van der Waals surface area (Å²) < 4.78 is 11.7. The van der Waals surface area contributed by atoms with Gasteiger partial charge in [-0.1, -0.05) is 55.3 Å². The molecule has 7 heteroatoms. The summed E-state index contributed by atoms with van der Waals surface area (Å²) in [6.45, 7) is 6.36. The third-order valence-electron chi connectivity index (χ3n) is 7.12. The van der Waals surface area contributed by atoms with Crippen molar-refractivity contribution in [2.45, 2.75) is 45.8 Å². The van der Waals surface area contributed by atoms with E-state index in [1.165, 1.54) is 0 Å². The van der Waals surface area contributed by atoms with Crippen LogP contribution in [0.25, 0.3) is 5.76 Å². The van der Waals surface area contributed by atoms with E-state index in [2.05, 4.69) is 13.0 Å². The molecule has 1 aliphatic heterocycles. The van der Waals surface area contributed by atoms with Crippen molar-refractivity contribution in [3.05, 3.63) is 101 Å². The number of aryl methyl sites for hydroxylation is 1. The lowest BCUT2D eigenvalue weighted by molar-refractivity contribution is -0.139. The molecule has 1 heterocycles. The zero-order chi connectivity index (χ0) is 29.4. The SMILES string of the molecule is CCCCOc1ccc(C2C(=C(O)c3ccc(OCc4cccc(C)c4)cc3)C(=O)C(=O)N2CCCN(C)C)cc1. The fraction of sp³-hybridized carbons (Fsp3) is 0.353. The van der Waals surface area contributed by atoms with Crippen LogP contribution in [0.15, 0.2) is 78.4 Å². The first kappa shape index (κ1) is 29.9. The van der Waals surface area contributed by atoms with Crippen LogP contribution in [0.5, 0.6) is 11.5 Å². The standard InChI is InChI=1S/C34H40N2O5/c1-5-6-21-40-28-15-11-26(12-16-28)31-30(33(38)34(39)36(31)20-8-19-35(3)4)32(37)27-13-17-29(18-14-27)41-23-25-10-7-9-24(2)22-25/h7,9-18,22,31,37H,5-6,8,19-21,23H2,1-4H3. The Morgan fingerprint density at radius 2 is 1.61 bits per heavy atom. The van der Waals surface area contributed by atoms with E-state index in [0.29, 0.717) is 37.5 Å². The minimum absolute atomic E-state index is 0.0907. The Balaban J connectivity index is 1.61. The number of carbonyl (C=O) groups excluding carboxylic acids is 2. The molecule has 0 aromatic heterocycles. The monoisotopic (exact) mass is 556 g/mol. The van der Waals surface area contributed by atoms with E-state index in [9.17, 15) is 14.7 Å². The maximum absolute atomic E-state index is 13.3. The molecule has 7 nitrogen and oxygen atoms in total. The predicted octanol–water partition coefficient (Wildman–Crippen LogP) is 6.13. The maximum Gasteiger partial charge on any atom is 0.295 e. The molecule has 3 aromatic carbocycles. The molecule has 1 atom stereocenters. The molecule has 0 radical (unpaired) electrons. The number of ketones is 1. The van der Waals surface area contributed by atoms with Crippen LogP contribution >= 0.6 is 0 Å². The minimum atomic E-state index is -0.695. The third kappa shape index (κ3) is 7.55. The number of Topliss-reactive ketones (excluding diaryl/α,β-unsaturated/α-hetero) is 1. The Morgan fingerprint density at radius 1 is 0.927 bits per heavy atom. The van der Waals surface area contributed by atoms with Gasteiger partial charge in [0.05, 0.1) is 18.2 Å². The highest BCUT2D eigenvalue weighted by Crippen LogP contribution is 2.40. The Labute approximate surface area is 243 Å². The fourth-order valence-electron chi connectivity index (χ4n) is 4.93. The molecular weight excluding hydrogens is 516 g/mol. The molecule has 1 amide bonds. The van der Waals surface area contributed by atoms with Gasteiger partial charge in [0, 0.05) is 12.1 Å². The van der Waals surface area contributed by atoms with Crippen LogP contribution in [0.4, 0.5) is 0 Å². The summed E-state index contributed by atoms with van der Waals surface area (Å²) in [5.41, 5.74) is 3.51. The molecule has 1 aliphatic rings. The molecule has 4 rings (SSSR count). The molecule has 216 valence electrons. The normalized spacial score (nSPS) is 16.4. The molecule has 0 bridgehead atoms. The number of hydrogen-bond acceptors (Lipinski definition) is 6. The van der Waals surface area contributed by atoms with Crippen LogP contribution < -0.4 is 9.47 Å². The molecule has 41 heavy (non-hydrogen) atoms. The first-order chi connectivity index (χ1) is 19.8. The van der Waals surface area contributed by atoms with Crippen LogP contribution in [0.2, 0.25) is 0 Å². The summed E-state index contributed by atoms with van der Waals surface area (Å²) in [4.78, 5) is 30.2. The first-order valence-electron chi connectivity index (χ1n) is 14.2. The highest BCUT2D eigenvalue weighted by molar-refractivity contribution is 6.46. The second-order valence-corrected chi connectivity index (χ2v) is 10.7. The number of aliphatic hydroxyl groups is 1. The number of benzene rings is 3. The number of likely N-dealkylation sites (tertiary alicyclic amines) is 1. The predicted molar refractivity (Wildman–Crippen MR) is 161 cm³/mol. The number of amides is 1. The number of hydrogen-bond donors (Lipinski definition) is 1.